The highest BCUT2D eigenvalue weighted by Gasteiger charge is 2.29. The number of hydrogen-bond donors (Lipinski definition) is 1. The van der Waals surface area contributed by atoms with Crippen LogP contribution in [-0.2, 0) is 22.6 Å². The molecular weight excluding hydrogens is 356 g/mol. The summed E-state index contributed by atoms with van der Waals surface area (Å²) in [5.74, 6) is 1.54. The fourth-order valence-corrected chi connectivity index (χ4v) is 3.77. The zero-order valence-electron chi connectivity index (χ0n) is 16.2. The van der Waals surface area contributed by atoms with Crippen LogP contribution >= 0.6 is 0 Å². The largest absolute Gasteiger partial charge is 0.362 e. The van der Waals surface area contributed by atoms with Crippen molar-refractivity contribution in [3.63, 3.8) is 0 Å². The molecule has 2 amide bonds. The van der Waals surface area contributed by atoms with Crippen LogP contribution in [0.3, 0.4) is 0 Å². The third-order valence-corrected chi connectivity index (χ3v) is 5.22. The van der Waals surface area contributed by atoms with Crippen molar-refractivity contribution in [1.82, 2.24) is 25.2 Å². The first-order valence-corrected chi connectivity index (χ1v) is 9.57. The van der Waals surface area contributed by atoms with E-state index in [0.717, 1.165) is 23.5 Å². The molecule has 0 unspecified atom stereocenters. The minimum absolute atomic E-state index is 0.0326. The van der Waals surface area contributed by atoms with E-state index in [1.807, 2.05) is 42.1 Å². The summed E-state index contributed by atoms with van der Waals surface area (Å²) in [7, 11) is 3.93. The molecule has 0 aromatic carbocycles. The molecule has 0 aliphatic carbocycles. The van der Waals surface area contributed by atoms with E-state index in [0.29, 0.717) is 43.9 Å². The summed E-state index contributed by atoms with van der Waals surface area (Å²) >= 11 is 0. The lowest BCUT2D eigenvalue weighted by Crippen LogP contribution is -2.40. The first-order valence-electron chi connectivity index (χ1n) is 9.57. The van der Waals surface area contributed by atoms with E-state index < -0.39 is 0 Å². The summed E-state index contributed by atoms with van der Waals surface area (Å²) < 4.78 is 0. The number of rotatable bonds is 4. The number of anilines is 1. The van der Waals surface area contributed by atoms with Gasteiger partial charge in [-0.05, 0) is 25.0 Å². The Hall–Kier alpha value is -3.03. The van der Waals surface area contributed by atoms with Crippen LogP contribution in [-0.4, -0.2) is 58.3 Å². The molecule has 0 spiro atoms. The van der Waals surface area contributed by atoms with Crippen molar-refractivity contribution in [2.45, 2.75) is 38.3 Å². The second kappa shape index (κ2) is 7.53. The van der Waals surface area contributed by atoms with Gasteiger partial charge in [0, 0.05) is 51.3 Å². The Balaban J connectivity index is 1.59. The summed E-state index contributed by atoms with van der Waals surface area (Å²) in [5, 5.41) is 2.87. The Morgan fingerprint density at radius 3 is 2.82 bits per heavy atom. The molecule has 1 atom stereocenters. The van der Waals surface area contributed by atoms with Crippen molar-refractivity contribution in [3.8, 4) is 11.5 Å². The van der Waals surface area contributed by atoms with Crippen LogP contribution in [0.5, 0.6) is 0 Å². The molecule has 2 aromatic heterocycles. The van der Waals surface area contributed by atoms with Crippen molar-refractivity contribution in [3.05, 3.63) is 35.7 Å². The van der Waals surface area contributed by atoms with Crippen molar-refractivity contribution >= 4 is 17.6 Å². The Kier molecular flexibility index (Phi) is 4.93. The molecule has 28 heavy (non-hydrogen) atoms. The highest BCUT2D eigenvalue weighted by atomic mass is 16.2. The SMILES string of the molecule is CN(C)c1nc(-c2ccccn2)nc2c1CCN(C(=O)C[C@@H]1CCC(=O)N1)C2. The molecule has 146 valence electrons. The van der Waals surface area contributed by atoms with Crippen molar-refractivity contribution in [2.24, 2.45) is 0 Å². The molecule has 8 heteroatoms. The van der Waals surface area contributed by atoms with Gasteiger partial charge in [0.1, 0.15) is 11.5 Å². The number of fused-ring (bicyclic) bond motifs is 1. The van der Waals surface area contributed by atoms with Gasteiger partial charge in [0.15, 0.2) is 5.82 Å². The molecule has 2 aromatic rings. The fourth-order valence-electron chi connectivity index (χ4n) is 3.77. The highest BCUT2D eigenvalue weighted by Crippen LogP contribution is 2.28. The van der Waals surface area contributed by atoms with Gasteiger partial charge in [0.05, 0.1) is 12.2 Å². The monoisotopic (exact) mass is 380 g/mol. The smallest absolute Gasteiger partial charge is 0.224 e. The van der Waals surface area contributed by atoms with Gasteiger partial charge in [-0.15, -0.1) is 0 Å². The Morgan fingerprint density at radius 2 is 2.14 bits per heavy atom. The predicted molar refractivity (Wildman–Crippen MR) is 104 cm³/mol. The van der Waals surface area contributed by atoms with Gasteiger partial charge in [0.2, 0.25) is 11.8 Å². The van der Waals surface area contributed by atoms with E-state index in [1.54, 1.807) is 6.20 Å². The molecule has 0 saturated carbocycles. The van der Waals surface area contributed by atoms with E-state index in [4.69, 9.17) is 9.97 Å². The number of hydrogen-bond acceptors (Lipinski definition) is 6. The number of pyridine rings is 1. The lowest BCUT2D eigenvalue weighted by molar-refractivity contribution is -0.132. The highest BCUT2D eigenvalue weighted by molar-refractivity contribution is 5.82. The third-order valence-electron chi connectivity index (χ3n) is 5.22. The fraction of sp³-hybridized carbons (Fsp3) is 0.450. The maximum Gasteiger partial charge on any atom is 0.224 e. The lowest BCUT2D eigenvalue weighted by Gasteiger charge is -2.31. The molecule has 4 rings (SSSR count). The normalized spacial score (nSPS) is 18.6. The van der Waals surface area contributed by atoms with Gasteiger partial charge < -0.3 is 15.1 Å². The van der Waals surface area contributed by atoms with Crippen LogP contribution in [0.2, 0.25) is 0 Å². The van der Waals surface area contributed by atoms with Gasteiger partial charge in [-0.25, -0.2) is 9.97 Å². The Labute approximate surface area is 164 Å². The Morgan fingerprint density at radius 1 is 1.29 bits per heavy atom. The summed E-state index contributed by atoms with van der Waals surface area (Å²) in [4.78, 5) is 41.8. The maximum atomic E-state index is 12.8. The molecule has 1 N–H and O–H groups in total. The van der Waals surface area contributed by atoms with E-state index in [1.165, 1.54) is 0 Å². The van der Waals surface area contributed by atoms with Crippen LogP contribution in [0.25, 0.3) is 11.5 Å². The van der Waals surface area contributed by atoms with Gasteiger partial charge >= 0.3 is 0 Å². The Bertz CT molecular complexity index is 899. The van der Waals surface area contributed by atoms with Crippen LogP contribution < -0.4 is 10.2 Å². The molecule has 2 aliphatic rings. The average Bonchev–Trinajstić information content (AvgIpc) is 3.11. The first kappa shape index (κ1) is 18.3. The van der Waals surface area contributed by atoms with Gasteiger partial charge in [0.25, 0.3) is 0 Å². The molecule has 4 heterocycles. The van der Waals surface area contributed by atoms with Crippen LogP contribution in [0.4, 0.5) is 5.82 Å². The van der Waals surface area contributed by atoms with Crippen molar-refractivity contribution in [2.75, 3.05) is 25.5 Å². The summed E-state index contributed by atoms with van der Waals surface area (Å²) in [6.07, 6.45) is 4.02. The topological polar surface area (TPSA) is 91.3 Å². The summed E-state index contributed by atoms with van der Waals surface area (Å²) in [6, 6.07) is 5.60. The number of carbonyl (C=O) groups is 2. The number of amides is 2. The minimum Gasteiger partial charge on any atom is -0.362 e. The second-order valence-electron chi connectivity index (χ2n) is 7.48. The van der Waals surface area contributed by atoms with E-state index in [-0.39, 0.29) is 17.9 Å². The molecule has 0 bridgehead atoms. The number of carbonyl (C=O) groups excluding carboxylic acids is 2. The minimum atomic E-state index is -0.0480. The van der Waals surface area contributed by atoms with E-state index in [2.05, 4.69) is 10.3 Å². The zero-order chi connectivity index (χ0) is 19.7. The number of aromatic nitrogens is 3. The standard InChI is InChI=1S/C20H24N6O2/c1-25(2)20-14-8-10-26(18(28)11-13-6-7-17(27)22-13)12-16(14)23-19(24-20)15-5-3-4-9-21-15/h3-5,9,13H,6-8,10-12H2,1-2H3,(H,22,27)/t13-/m0/s1. The molecular formula is C20H24N6O2. The summed E-state index contributed by atoms with van der Waals surface area (Å²) in [5.41, 5.74) is 2.67. The maximum absolute atomic E-state index is 12.8. The quantitative estimate of drug-likeness (QED) is 0.856. The number of nitrogens with zero attached hydrogens (tertiary/aromatic N) is 5. The van der Waals surface area contributed by atoms with Crippen molar-refractivity contribution < 1.29 is 9.59 Å². The van der Waals surface area contributed by atoms with Crippen LogP contribution in [0.1, 0.15) is 30.5 Å². The van der Waals surface area contributed by atoms with Gasteiger partial charge in [-0.3, -0.25) is 14.6 Å². The van der Waals surface area contributed by atoms with Crippen molar-refractivity contribution in [1.29, 1.82) is 0 Å². The number of nitrogens with one attached hydrogen (secondary N) is 1. The molecule has 2 aliphatic heterocycles. The summed E-state index contributed by atoms with van der Waals surface area (Å²) in [6.45, 7) is 1.09. The zero-order valence-corrected chi connectivity index (χ0v) is 16.2. The van der Waals surface area contributed by atoms with E-state index in [9.17, 15) is 9.59 Å². The second-order valence-corrected chi connectivity index (χ2v) is 7.48. The van der Waals surface area contributed by atoms with Gasteiger partial charge in [-0.2, -0.15) is 0 Å². The van der Waals surface area contributed by atoms with E-state index >= 15 is 0 Å². The molecule has 8 nitrogen and oxygen atoms in total. The van der Waals surface area contributed by atoms with Crippen LogP contribution in [0.15, 0.2) is 24.4 Å². The first-order chi connectivity index (χ1) is 13.5. The lowest BCUT2D eigenvalue weighted by atomic mass is 10.0. The third kappa shape index (κ3) is 3.67. The predicted octanol–water partition coefficient (Wildman–Crippen LogP) is 1.16. The average molecular weight is 380 g/mol. The molecule has 0 radical (unpaired) electrons. The molecule has 1 fully saturated rings. The molecule has 1 saturated heterocycles. The van der Waals surface area contributed by atoms with Crippen LogP contribution in [0, 0.1) is 0 Å². The van der Waals surface area contributed by atoms with Gasteiger partial charge in [-0.1, -0.05) is 6.07 Å².